The summed E-state index contributed by atoms with van der Waals surface area (Å²) < 4.78 is 17.9. The van der Waals surface area contributed by atoms with Gasteiger partial charge in [0, 0.05) is 23.6 Å². The largest absolute Gasteiger partial charge is 0.492 e. The fourth-order valence-electron chi connectivity index (χ4n) is 4.29. The highest BCUT2D eigenvalue weighted by Gasteiger charge is 2.43. The summed E-state index contributed by atoms with van der Waals surface area (Å²) in [6.45, 7) is 5.56. The lowest BCUT2D eigenvalue weighted by molar-refractivity contribution is -0.137. The lowest BCUT2D eigenvalue weighted by atomic mass is 9.74. The average Bonchev–Trinajstić information content (AvgIpc) is 3.10. The topological polar surface area (TPSA) is 68.2 Å². The first kappa shape index (κ1) is 20.5. The number of carboxylic acid groups (broad SMARTS) is 1. The summed E-state index contributed by atoms with van der Waals surface area (Å²) in [5.74, 6) is 1.79. The van der Waals surface area contributed by atoms with Crippen LogP contribution < -0.4 is 14.2 Å². The Kier molecular flexibility index (Phi) is 6.13. The van der Waals surface area contributed by atoms with Gasteiger partial charge < -0.3 is 24.2 Å². The number of hydrogen-bond donors (Lipinski definition) is 1. The zero-order valence-electron chi connectivity index (χ0n) is 17.4. The van der Waals surface area contributed by atoms with E-state index < -0.39 is 5.97 Å². The standard InChI is InChI=1S/C24H29NO5/c1-18(30-19-5-3-2-4-6-19)16-28-20-7-8-21-22(15-20)29-17-24(21)10-13-25(14-11-24)12-9-23(26)27/h2-8,15,18H,9-14,16-17H2,1H3,(H,26,27). The lowest BCUT2D eigenvalue weighted by Gasteiger charge is -2.38. The summed E-state index contributed by atoms with van der Waals surface area (Å²) in [4.78, 5) is 13.0. The van der Waals surface area contributed by atoms with Crippen molar-refractivity contribution in [1.82, 2.24) is 4.90 Å². The van der Waals surface area contributed by atoms with Crippen LogP contribution in [0.2, 0.25) is 0 Å². The van der Waals surface area contributed by atoms with Gasteiger partial charge in [-0.3, -0.25) is 4.79 Å². The number of nitrogens with zero attached hydrogens (tertiary/aromatic N) is 1. The van der Waals surface area contributed by atoms with Gasteiger partial charge in [0.1, 0.15) is 30.0 Å². The van der Waals surface area contributed by atoms with Gasteiger partial charge in [-0.15, -0.1) is 0 Å². The zero-order chi connectivity index (χ0) is 21.0. The molecule has 2 aliphatic rings. The number of likely N-dealkylation sites (tertiary alicyclic amines) is 1. The van der Waals surface area contributed by atoms with Crippen LogP contribution in [-0.4, -0.2) is 54.9 Å². The highest BCUT2D eigenvalue weighted by Crippen LogP contribution is 2.46. The molecule has 0 amide bonds. The maximum absolute atomic E-state index is 10.8. The quantitative estimate of drug-likeness (QED) is 0.714. The maximum Gasteiger partial charge on any atom is 0.304 e. The first-order valence-electron chi connectivity index (χ1n) is 10.6. The molecule has 1 atom stereocenters. The third-order valence-electron chi connectivity index (χ3n) is 6.05. The molecule has 0 aromatic heterocycles. The smallest absolute Gasteiger partial charge is 0.304 e. The van der Waals surface area contributed by atoms with Crippen LogP contribution in [0.1, 0.15) is 31.7 Å². The molecule has 4 rings (SSSR count). The minimum atomic E-state index is -0.735. The molecule has 6 heteroatoms. The molecule has 0 bridgehead atoms. The van der Waals surface area contributed by atoms with Crippen molar-refractivity contribution in [1.29, 1.82) is 0 Å². The Balaban J connectivity index is 1.32. The second-order valence-corrected chi connectivity index (χ2v) is 8.26. The van der Waals surface area contributed by atoms with Gasteiger partial charge in [0.05, 0.1) is 13.0 Å². The van der Waals surface area contributed by atoms with Crippen molar-refractivity contribution in [2.24, 2.45) is 0 Å². The molecule has 6 nitrogen and oxygen atoms in total. The first-order valence-corrected chi connectivity index (χ1v) is 10.6. The van der Waals surface area contributed by atoms with Crippen molar-refractivity contribution in [2.45, 2.75) is 37.7 Å². The molecule has 2 aromatic rings. The Hall–Kier alpha value is -2.73. The number of ether oxygens (including phenoxy) is 3. The number of hydrogen-bond acceptors (Lipinski definition) is 5. The lowest BCUT2D eigenvalue weighted by Crippen LogP contribution is -2.44. The van der Waals surface area contributed by atoms with E-state index >= 15 is 0 Å². The number of fused-ring (bicyclic) bond motifs is 2. The Bertz CT molecular complexity index is 861. The number of piperidine rings is 1. The molecule has 1 spiro atoms. The molecule has 2 aromatic carbocycles. The van der Waals surface area contributed by atoms with Crippen molar-refractivity contribution in [2.75, 3.05) is 32.8 Å². The van der Waals surface area contributed by atoms with E-state index in [2.05, 4.69) is 11.0 Å². The average molecular weight is 411 g/mol. The fourth-order valence-corrected chi connectivity index (χ4v) is 4.29. The molecule has 2 heterocycles. The molecule has 160 valence electrons. The van der Waals surface area contributed by atoms with Crippen LogP contribution in [0.15, 0.2) is 48.5 Å². The molecule has 0 aliphatic carbocycles. The normalized spacial score (nSPS) is 18.4. The minimum absolute atomic E-state index is 0.0390. The second kappa shape index (κ2) is 8.96. The van der Waals surface area contributed by atoms with Gasteiger partial charge >= 0.3 is 5.97 Å². The van der Waals surface area contributed by atoms with Crippen LogP contribution in [0.25, 0.3) is 0 Å². The fraction of sp³-hybridized carbons (Fsp3) is 0.458. The minimum Gasteiger partial charge on any atom is -0.492 e. The summed E-state index contributed by atoms with van der Waals surface area (Å²) in [6.07, 6.45) is 2.11. The van der Waals surface area contributed by atoms with E-state index in [1.54, 1.807) is 0 Å². The molecule has 1 N–H and O–H groups in total. The van der Waals surface area contributed by atoms with Gasteiger partial charge in [0.25, 0.3) is 0 Å². The van der Waals surface area contributed by atoms with E-state index in [9.17, 15) is 4.79 Å². The second-order valence-electron chi connectivity index (χ2n) is 8.26. The predicted octanol–water partition coefficient (Wildman–Crippen LogP) is 3.73. The van der Waals surface area contributed by atoms with E-state index in [0.29, 0.717) is 19.8 Å². The van der Waals surface area contributed by atoms with Crippen molar-refractivity contribution < 1.29 is 24.1 Å². The van der Waals surface area contributed by atoms with Crippen LogP contribution >= 0.6 is 0 Å². The van der Waals surface area contributed by atoms with E-state index in [1.807, 2.05) is 49.4 Å². The molecule has 1 unspecified atom stereocenters. The Morgan fingerprint density at radius 1 is 1.17 bits per heavy atom. The predicted molar refractivity (Wildman–Crippen MR) is 114 cm³/mol. The molecular weight excluding hydrogens is 382 g/mol. The number of aliphatic carboxylic acids is 1. The molecule has 0 saturated carbocycles. The first-order chi connectivity index (χ1) is 14.5. The van der Waals surface area contributed by atoms with Gasteiger partial charge in [-0.05, 0) is 51.1 Å². The number of benzene rings is 2. The summed E-state index contributed by atoms with van der Waals surface area (Å²) in [5, 5.41) is 8.89. The summed E-state index contributed by atoms with van der Waals surface area (Å²) in [7, 11) is 0. The molecule has 30 heavy (non-hydrogen) atoms. The monoisotopic (exact) mass is 411 g/mol. The summed E-state index contributed by atoms with van der Waals surface area (Å²) in [5.41, 5.74) is 1.29. The number of rotatable bonds is 8. The molecule has 1 saturated heterocycles. The van der Waals surface area contributed by atoms with E-state index in [0.717, 1.165) is 43.2 Å². The number of para-hydroxylation sites is 1. The highest BCUT2D eigenvalue weighted by atomic mass is 16.5. The van der Waals surface area contributed by atoms with Gasteiger partial charge in [-0.2, -0.15) is 0 Å². The van der Waals surface area contributed by atoms with E-state index in [4.69, 9.17) is 19.3 Å². The number of carbonyl (C=O) groups is 1. The third-order valence-corrected chi connectivity index (χ3v) is 6.05. The molecule has 0 radical (unpaired) electrons. The van der Waals surface area contributed by atoms with Gasteiger partial charge in [0.2, 0.25) is 0 Å². The third kappa shape index (κ3) is 4.70. The van der Waals surface area contributed by atoms with Gasteiger partial charge in [-0.25, -0.2) is 0 Å². The summed E-state index contributed by atoms with van der Waals surface area (Å²) >= 11 is 0. The molecule has 1 fully saturated rings. The highest BCUT2D eigenvalue weighted by molar-refractivity contribution is 5.66. The Labute approximate surface area is 177 Å². The van der Waals surface area contributed by atoms with Crippen molar-refractivity contribution >= 4 is 5.97 Å². The zero-order valence-corrected chi connectivity index (χ0v) is 17.4. The summed E-state index contributed by atoms with van der Waals surface area (Å²) in [6, 6.07) is 15.9. The molecular formula is C24H29NO5. The van der Waals surface area contributed by atoms with Crippen LogP contribution in [0.3, 0.4) is 0 Å². The van der Waals surface area contributed by atoms with Crippen molar-refractivity contribution in [3.05, 3.63) is 54.1 Å². The van der Waals surface area contributed by atoms with Gasteiger partial charge in [0.15, 0.2) is 0 Å². The van der Waals surface area contributed by atoms with Crippen LogP contribution in [0.5, 0.6) is 17.2 Å². The number of carboxylic acids is 1. The Morgan fingerprint density at radius 2 is 1.93 bits per heavy atom. The van der Waals surface area contributed by atoms with Crippen LogP contribution in [-0.2, 0) is 10.2 Å². The SMILES string of the molecule is CC(COc1ccc2c(c1)OCC21CCN(CCC(=O)O)CC1)Oc1ccccc1. The van der Waals surface area contributed by atoms with Crippen LogP contribution in [0, 0.1) is 0 Å². The molecule has 2 aliphatic heterocycles. The van der Waals surface area contributed by atoms with E-state index in [1.165, 1.54) is 5.56 Å². The van der Waals surface area contributed by atoms with Crippen LogP contribution in [0.4, 0.5) is 0 Å². The van der Waals surface area contributed by atoms with Crippen molar-refractivity contribution in [3.8, 4) is 17.2 Å². The Morgan fingerprint density at radius 3 is 2.67 bits per heavy atom. The van der Waals surface area contributed by atoms with Crippen molar-refractivity contribution in [3.63, 3.8) is 0 Å². The van der Waals surface area contributed by atoms with Gasteiger partial charge in [-0.1, -0.05) is 24.3 Å². The maximum atomic E-state index is 10.8. The van der Waals surface area contributed by atoms with E-state index in [-0.39, 0.29) is 17.9 Å².